The molecule has 2 rings (SSSR count). The molecule has 0 fully saturated rings. The molecule has 1 aromatic rings. The molecule has 1 aliphatic rings. The topological polar surface area (TPSA) is 46.2 Å². The summed E-state index contributed by atoms with van der Waals surface area (Å²) in [6, 6.07) is 8.07. The van der Waals surface area contributed by atoms with E-state index >= 15 is 0 Å². The average molecular weight is 237 g/mol. The number of carbonyl (C=O) groups excluding carboxylic acids is 1. The Morgan fingerprint density at radius 1 is 1.50 bits per heavy atom. The molecule has 16 heavy (non-hydrogen) atoms. The molecule has 86 valence electrons. The van der Waals surface area contributed by atoms with Gasteiger partial charge in [0, 0.05) is 17.8 Å². The Hall–Kier alpha value is -1.16. The van der Waals surface area contributed by atoms with Gasteiger partial charge in [-0.15, -0.1) is 0 Å². The van der Waals surface area contributed by atoms with E-state index in [4.69, 9.17) is 0 Å². The molecule has 2 unspecified atom stereocenters. The normalized spacial score (nSPS) is 20.2. The SMILES string of the molecule is CNC(=O)CS(=O)C1CCc2ccccc21. The monoisotopic (exact) mass is 237 g/mol. The van der Waals surface area contributed by atoms with E-state index < -0.39 is 10.8 Å². The van der Waals surface area contributed by atoms with E-state index in [1.54, 1.807) is 7.05 Å². The second-order valence-electron chi connectivity index (χ2n) is 3.92. The molecule has 0 saturated carbocycles. The number of benzene rings is 1. The molecule has 1 amide bonds. The first kappa shape index (κ1) is 11.3. The van der Waals surface area contributed by atoms with Gasteiger partial charge >= 0.3 is 0 Å². The van der Waals surface area contributed by atoms with Crippen LogP contribution in [0.3, 0.4) is 0 Å². The molecule has 1 aliphatic carbocycles. The molecule has 4 heteroatoms. The van der Waals surface area contributed by atoms with Crippen LogP contribution in [0.4, 0.5) is 0 Å². The maximum atomic E-state index is 12.0. The summed E-state index contributed by atoms with van der Waals surface area (Å²) in [4.78, 5) is 11.2. The second kappa shape index (κ2) is 4.78. The molecule has 0 heterocycles. The van der Waals surface area contributed by atoms with Crippen LogP contribution in [0.25, 0.3) is 0 Å². The smallest absolute Gasteiger partial charge is 0.232 e. The lowest BCUT2D eigenvalue weighted by Crippen LogP contribution is -2.25. The van der Waals surface area contributed by atoms with Crippen LogP contribution >= 0.6 is 0 Å². The maximum Gasteiger partial charge on any atom is 0.232 e. The number of nitrogens with one attached hydrogen (secondary N) is 1. The van der Waals surface area contributed by atoms with Crippen molar-refractivity contribution in [1.29, 1.82) is 0 Å². The van der Waals surface area contributed by atoms with Gasteiger partial charge in [0.25, 0.3) is 0 Å². The van der Waals surface area contributed by atoms with Crippen LogP contribution in [-0.2, 0) is 22.0 Å². The van der Waals surface area contributed by atoms with Gasteiger partial charge < -0.3 is 5.32 Å². The van der Waals surface area contributed by atoms with E-state index in [0.717, 1.165) is 18.4 Å². The maximum absolute atomic E-state index is 12.0. The van der Waals surface area contributed by atoms with Crippen LogP contribution in [0.1, 0.15) is 22.8 Å². The Morgan fingerprint density at radius 3 is 3.00 bits per heavy atom. The molecular weight excluding hydrogens is 222 g/mol. The van der Waals surface area contributed by atoms with Gasteiger partial charge in [-0.05, 0) is 24.0 Å². The summed E-state index contributed by atoms with van der Waals surface area (Å²) in [5.41, 5.74) is 2.43. The van der Waals surface area contributed by atoms with Crippen molar-refractivity contribution in [2.24, 2.45) is 0 Å². The predicted octanol–water partition coefficient (Wildman–Crippen LogP) is 1.17. The van der Waals surface area contributed by atoms with Crippen LogP contribution in [0.2, 0.25) is 0 Å². The number of aryl methyl sites for hydroxylation is 1. The standard InChI is InChI=1S/C12H15NO2S/c1-13-12(14)8-16(15)11-7-6-9-4-2-3-5-10(9)11/h2-5,11H,6-8H2,1H3,(H,13,14). The van der Waals surface area contributed by atoms with E-state index in [1.165, 1.54) is 5.56 Å². The quantitative estimate of drug-likeness (QED) is 0.857. The van der Waals surface area contributed by atoms with Crippen LogP contribution in [-0.4, -0.2) is 22.9 Å². The number of carbonyl (C=O) groups is 1. The van der Waals surface area contributed by atoms with Crippen LogP contribution in [0, 0.1) is 0 Å². The van der Waals surface area contributed by atoms with Gasteiger partial charge in [-0.25, -0.2) is 0 Å². The van der Waals surface area contributed by atoms with Gasteiger partial charge in [0.05, 0.1) is 5.25 Å². The Balaban J connectivity index is 2.13. The minimum atomic E-state index is -1.10. The van der Waals surface area contributed by atoms with Gasteiger partial charge in [0.1, 0.15) is 5.75 Å². The van der Waals surface area contributed by atoms with E-state index in [-0.39, 0.29) is 16.9 Å². The fourth-order valence-electron chi connectivity index (χ4n) is 2.09. The Morgan fingerprint density at radius 2 is 2.25 bits per heavy atom. The van der Waals surface area contributed by atoms with Crippen LogP contribution in [0.15, 0.2) is 24.3 Å². The molecule has 0 bridgehead atoms. The Labute approximate surface area is 97.7 Å². The number of hydrogen-bond donors (Lipinski definition) is 1. The number of amides is 1. The average Bonchev–Trinajstić information content (AvgIpc) is 2.72. The van der Waals surface area contributed by atoms with E-state index in [1.807, 2.05) is 18.2 Å². The van der Waals surface area contributed by atoms with Gasteiger partial charge in [-0.3, -0.25) is 9.00 Å². The first-order valence-electron chi connectivity index (χ1n) is 5.38. The third-order valence-corrected chi connectivity index (χ3v) is 4.62. The highest BCUT2D eigenvalue weighted by molar-refractivity contribution is 7.86. The van der Waals surface area contributed by atoms with Gasteiger partial charge in [-0.1, -0.05) is 24.3 Å². The summed E-state index contributed by atoms with van der Waals surface area (Å²) < 4.78 is 12.0. The lowest BCUT2D eigenvalue weighted by atomic mass is 10.1. The zero-order valence-electron chi connectivity index (χ0n) is 9.23. The summed E-state index contributed by atoms with van der Waals surface area (Å²) in [7, 11) is 0.473. The number of rotatable bonds is 3. The van der Waals surface area contributed by atoms with Gasteiger partial charge in [-0.2, -0.15) is 0 Å². The summed E-state index contributed by atoms with van der Waals surface area (Å²) in [6.45, 7) is 0. The molecule has 0 aliphatic heterocycles. The number of hydrogen-bond acceptors (Lipinski definition) is 2. The third kappa shape index (κ3) is 2.16. The minimum Gasteiger partial charge on any atom is -0.358 e. The summed E-state index contributed by atoms with van der Waals surface area (Å²) >= 11 is 0. The second-order valence-corrected chi connectivity index (χ2v) is 5.54. The van der Waals surface area contributed by atoms with E-state index in [0.29, 0.717) is 0 Å². The van der Waals surface area contributed by atoms with Crippen LogP contribution < -0.4 is 5.32 Å². The van der Waals surface area contributed by atoms with Crippen molar-refractivity contribution >= 4 is 16.7 Å². The zero-order valence-corrected chi connectivity index (χ0v) is 10.0. The van der Waals surface area contributed by atoms with Crippen molar-refractivity contribution in [1.82, 2.24) is 5.32 Å². The molecular formula is C12H15NO2S. The minimum absolute atomic E-state index is 0.0356. The molecule has 1 aromatic carbocycles. The molecule has 1 N–H and O–H groups in total. The Bertz CT molecular complexity index is 431. The first-order chi connectivity index (χ1) is 7.72. The van der Waals surface area contributed by atoms with Crippen LogP contribution in [0.5, 0.6) is 0 Å². The zero-order chi connectivity index (χ0) is 11.5. The predicted molar refractivity (Wildman–Crippen MR) is 64.6 cm³/mol. The third-order valence-electron chi connectivity index (χ3n) is 2.95. The lowest BCUT2D eigenvalue weighted by molar-refractivity contribution is -0.118. The molecule has 0 radical (unpaired) electrons. The fraction of sp³-hybridized carbons (Fsp3) is 0.417. The van der Waals surface area contributed by atoms with Crippen molar-refractivity contribution in [3.05, 3.63) is 35.4 Å². The molecule has 0 spiro atoms. The highest BCUT2D eigenvalue weighted by Crippen LogP contribution is 2.35. The lowest BCUT2D eigenvalue weighted by Gasteiger charge is -2.10. The molecule has 0 saturated heterocycles. The molecule has 0 aromatic heterocycles. The summed E-state index contributed by atoms with van der Waals surface area (Å²) in [5, 5.41) is 2.55. The fourth-order valence-corrected chi connectivity index (χ4v) is 3.59. The van der Waals surface area contributed by atoms with Gasteiger partial charge in [0.2, 0.25) is 5.91 Å². The van der Waals surface area contributed by atoms with E-state index in [9.17, 15) is 9.00 Å². The van der Waals surface area contributed by atoms with E-state index in [2.05, 4.69) is 11.4 Å². The van der Waals surface area contributed by atoms with Crippen molar-refractivity contribution < 1.29 is 9.00 Å². The molecule has 2 atom stereocenters. The van der Waals surface area contributed by atoms with Crippen molar-refractivity contribution in [3.8, 4) is 0 Å². The van der Waals surface area contributed by atoms with Crippen molar-refractivity contribution in [2.75, 3.05) is 12.8 Å². The largest absolute Gasteiger partial charge is 0.358 e. The number of fused-ring (bicyclic) bond motifs is 1. The van der Waals surface area contributed by atoms with Gasteiger partial charge in [0.15, 0.2) is 0 Å². The first-order valence-corrected chi connectivity index (χ1v) is 6.76. The molecule has 3 nitrogen and oxygen atoms in total. The van der Waals surface area contributed by atoms with Crippen molar-refractivity contribution in [3.63, 3.8) is 0 Å². The summed E-state index contributed by atoms with van der Waals surface area (Å²) in [6.07, 6.45) is 1.86. The highest BCUT2D eigenvalue weighted by Gasteiger charge is 2.27. The van der Waals surface area contributed by atoms with Crippen molar-refractivity contribution in [2.45, 2.75) is 18.1 Å². The highest BCUT2D eigenvalue weighted by atomic mass is 32.2. The Kier molecular flexibility index (Phi) is 3.39. The summed E-state index contributed by atoms with van der Waals surface area (Å²) in [5.74, 6) is -0.0436.